The van der Waals surface area contributed by atoms with E-state index >= 15 is 0 Å². The lowest BCUT2D eigenvalue weighted by Gasteiger charge is -2.12. The Bertz CT molecular complexity index is 1430. The molecule has 34 heavy (non-hydrogen) atoms. The normalized spacial score (nSPS) is 11.6. The van der Waals surface area contributed by atoms with Crippen LogP contribution in [0, 0.1) is 6.92 Å². The van der Waals surface area contributed by atoms with Crippen LogP contribution in [0.25, 0.3) is 28.0 Å². The summed E-state index contributed by atoms with van der Waals surface area (Å²) < 4.78 is 48.6. The fraction of sp³-hybridized carbons (Fsp3) is 0.111. The van der Waals surface area contributed by atoms with Crippen molar-refractivity contribution in [2.45, 2.75) is 19.7 Å². The average Bonchev–Trinajstić information content (AvgIpc) is 3.18. The standard InChI is InChI=1S/C27H20F3N3O/c1-18-25(21-10-6-3-7-11-21)26-31-23(16-24(27(28,29)30)33(26)32-18)20-12-14-22(15-13-20)34-17-19-8-4-2-5-9-19/h2-16H,17H2,1H3. The van der Waals surface area contributed by atoms with Crippen molar-refractivity contribution in [3.8, 4) is 28.1 Å². The molecule has 0 radical (unpaired) electrons. The second-order valence-corrected chi connectivity index (χ2v) is 7.88. The lowest BCUT2D eigenvalue weighted by atomic mass is 10.1. The molecular formula is C27H20F3N3O. The van der Waals surface area contributed by atoms with Crippen LogP contribution >= 0.6 is 0 Å². The zero-order valence-corrected chi connectivity index (χ0v) is 18.3. The summed E-state index contributed by atoms with van der Waals surface area (Å²) in [7, 11) is 0. The first-order valence-electron chi connectivity index (χ1n) is 10.7. The number of rotatable bonds is 5. The van der Waals surface area contributed by atoms with E-state index in [1.807, 2.05) is 60.7 Å². The number of ether oxygens (including phenoxy) is 1. The maximum absolute atomic E-state index is 14.0. The van der Waals surface area contributed by atoms with Crippen LogP contribution in [-0.2, 0) is 12.8 Å². The van der Waals surface area contributed by atoms with Crippen LogP contribution in [0.15, 0.2) is 91.0 Å². The van der Waals surface area contributed by atoms with Gasteiger partial charge in [-0.3, -0.25) is 0 Å². The summed E-state index contributed by atoms with van der Waals surface area (Å²) in [5, 5.41) is 4.17. The first-order chi connectivity index (χ1) is 16.4. The van der Waals surface area contributed by atoms with Gasteiger partial charge in [-0.05, 0) is 48.4 Å². The van der Waals surface area contributed by atoms with Gasteiger partial charge in [-0.1, -0.05) is 60.7 Å². The van der Waals surface area contributed by atoms with E-state index < -0.39 is 11.9 Å². The molecule has 5 aromatic rings. The van der Waals surface area contributed by atoms with Crippen molar-refractivity contribution >= 4 is 5.65 Å². The van der Waals surface area contributed by atoms with Gasteiger partial charge in [-0.25, -0.2) is 9.50 Å². The third kappa shape index (κ3) is 4.24. The molecule has 0 unspecified atom stereocenters. The largest absolute Gasteiger partial charge is 0.489 e. The van der Waals surface area contributed by atoms with Gasteiger partial charge >= 0.3 is 6.18 Å². The van der Waals surface area contributed by atoms with E-state index in [4.69, 9.17) is 4.74 Å². The van der Waals surface area contributed by atoms with Gasteiger partial charge in [0, 0.05) is 11.1 Å². The van der Waals surface area contributed by atoms with Crippen LogP contribution in [0.2, 0.25) is 0 Å². The first-order valence-corrected chi connectivity index (χ1v) is 10.7. The van der Waals surface area contributed by atoms with Gasteiger partial charge in [0.05, 0.1) is 11.4 Å². The van der Waals surface area contributed by atoms with E-state index in [0.717, 1.165) is 21.7 Å². The topological polar surface area (TPSA) is 39.4 Å². The number of hydrogen-bond acceptors (Lipinski definition) is 3. The summed E-state index contributed by atoms with van der Waals surface area (Å²) in [6.07, 6.45) is -4.60. The van der Waals surface area contributed by atoms with Crippen molar-refractivity contribution in [2.75, 3.05) is 0 Å². The molecule has 2 heterocycles. The minimum absolute atomic E-state index is 0.165. The van der Waals surface area contributed by atoms with Crippen molar-refractivity contribution in [3.63, 3.8) is 0 Å². The van der Waals surface area contributed by atoms with Crippen LogP contribution in [-0.4, -0.2) is 14.6 Å². The van der Waals surface area contributed by atoms with Gasteiger partial charge in [0.25, 0.3) is 0 Å². The number of aryl methyl sites for hydroxylation is 1. The molecule has 0 aliphatic rings. The Kier molecular flexibility index (Phi) is 5.53. The van der Waals surface area contributed by atoms with Crippen LogP contribution in [0.3, 0.4) is 0 Å². The summed E-state index contributed by atoms with van der Waals surface area (Å²) in [5.41, 5.74) is 2.90. The zero-order chi connectivity index (χ0) is 23.7. The monoisotopic (exact) mass is 459 g/mol. The quantitative estimate of drug-likeness (QED) is 0.285. The molecule has 0 aliphatic carbocycles. The van der Waals surface area contributed by atoms with Gasteiger partial charge in [-0.2, -0.15) is 18.3 Å². The fourth-order valence-electron chi connectivity index (χ4n) is 3.88. The van der Waals surface area contributed by atoms with E-state index in [2.05, 4.69) is 10.1 Å². The maximum Gasteiger partial charge on any atom is 0.433 e. The number of nitrogens with zero attached hydrogens (tertiary/aromatic N) is 3. The van der Waals surface area contributed by atoms with Gasteiger partial charge in [-0.15, -0.1) is 0 Å². The Morgan fingerprint density at radius 1 is 0.824 bits per heavy atom. The number of halogens is 3. The smallest absolute Gasteiger partial charge is 0.433 e. The minimum atomic E-state index is -4.60. The Balaban J connectivity index is 1.55. The Hall–Kier alpha value is -4.13. The van der Waals surface area contributed by atoms with Crippen molar-refractivity contribution < 1.29 is 17.9 Å². The van der Waals surface area contributed by atoms with Crippen LogP contribution < -0.4 is 4.74 Å². The maximum atomic E-state index is 14.0. The Labute approximate surface area is 194 Å². The molecule has 0 saturated heterocycles. The molecule has 0 atom stereocenters. The molecule has 0 aliphatic heterocycles. The highest BCUT2D eigenvalue weighted by atomic mass is 19.4. The predicted octanol–water partition coefficient (Wildman–Crippen LogP) is 6.97. The molecule has 0 saturated carbocycles. The Morgan fingerprint density at radius 3 is 2.12 bits per heavy atom. The van der Waals surface area contributed by atoms with Crippen molar-refractivity contribution in [1.29, 1.82) is 0 Å². The predicted molar refractivity (Wildman–Crippen MR) is 124 cm³/mol. The second-order valence-electron chi connectivity index (χ2n) is 7.88. The molecule has 0 bridgehead atoms. The summed E-state index contributed by atoms with van der Waals surface area (Å²) in [5.74, 6) is 0.620. The molecule has 4 nitrogen and oxygen atoms in total. The van der Waals surface area contributed by atoms with Crippen LogP contribution in [0.5, 0.6) is 5.75 Å². The highest BCUT2D eigenvalue weighted by Crippen LogP contribution is 2.36. The molecule has 0 amide bonds. The summed E-state index contributed by atoms with van der Waals surface area (Å²) in [6.45, 7) is 2.09. The van der Waals surface area contributed by atoms with Crippen molar-refractivity contribution in [2.24, 2.45) is 0 Å². The highest BCUT2D eigenvalue weighted by Gasteiger charge is 2.36. The molecule has 0 spiro atoms. The minimum Gasteiger partial charge on any atom is -0.489 e. The number of benzene rings is 3. The zero-order valence-electron chi connectivity index (χ0n) is 18.3. The molecule has 7 heteroatoms. The van der Waals surface area contributed by atoms with E-state index in [0.29, 0.717) is 29.2 Å². The number of aromatic nitrogens is 3. The summed E-state index contributed by atoms with van der Waals surface area (Å²) in [6, 6.07) is 26.9. The van der Waals surface area contributed by atoms with Gasteiger partial charge in [0.15, 0.2) is 11.3 Å². The number of fused-ring (bicyclic) bond motifs is 1. The molecule has 0 N–H and O–H groups in total. The molecule has 0 fully saturated rings. The van der Waals surface area contributed by atoms with E-state index in [1.54, 1.807) is 31.2 Å². The van der Waals surface area contributed by atoms with Crippen LogP contribution in [0.4, 0.5) is 13.2 Å². The van der Waals surface area contributed by atoms with Crippen molar-refractivity contribution in [3.05, 3.63) is 108 Å². The number of alkyl halides is 3. The van der Waals surface area contributed by atoms with Crippen molar-refractivity contribution in [1.82, 2.24) is 14.6 Å². The summed E-state index contributed by atoms with van der Waals surface area (Å²) in [4.78, 5) is 4.60. The number of hydrogen-bond donors (Lipinski definition) is 0. The van der Waals surface area contributed by atoms with E-state index in [9.17, 15) is 13.2 Å². The molecule has 3 aromatic carbocycles. The van der Waals surface area contributed by atoms with E-state index in [1.165, 1.54) is 0 Å². The fourth-order valence-corrected chi connectivity index (χ4v) is 3.88. The second kappa shape index (κ2) is 8.67. The molecule has 5 rings (SSSR count). The highest BCUT2D eigenvalue weighted by molar-refractivity contribution is 5.81. The lowest BCUT2D eigenvalue weighted by molar-refractivity contribution is -0.142. The molecular weight excluding hydrogens is 439 g/mol. The first kappa shape index (κ1) is 21.7. The Morgan fingerprint density at radius 2 is 1.47 bits per heavy atom. The SMILES string of the molecule is Cc1nn2c(C(F)(F)F)cc(-c3ccc(OCc4ccccc4)cc3)nc2c1-c1ccccc1. The van der Waals surface area contributed by atoms with Gasteiger partial charge < -0.3 is 4.74 Å². The summed E-state index contributed by atoms with van der Waals surface area (Å²) >= 11 is 0. The van der Waals surface area contributed by atoms with Crippen LogP contribution in [0.1, 0.15) is 17.0 Å². The lowest BCUT2D eigenvalue weighted by Crippen LogP contribution is -2.13. The van der Waals surface area contributed by atoms with Gasteiger partial charge in [0.2, 0.25) is 0 Å². The van der Waals surface area contributed by atoms with Gasteiger partial charge in [0.1, 0.15) is 12.4 Å². The molecule has 170 valence electrons. The average molecular weight is 459 g/mol. The van der Waals surface area contributed by atoms with E-state index in [-0.39, 0.29) is 11.3 Å². The third-order valence-corrected chi connectivity index (χ3v) is 5.52. The molecule has 2 aromatic heterocycles. The third-order valence-electron chi connectivity index (χ3n) is 5.52.